The van der Waals surface area contributed by atoms with E-state index >= 15 is 0 Å². The van der Waals surface area contributed by atoms with Crippen LogP contribution in [0.2, 0.25) is 5.02 Å². The first-order valence-electron chi connectivity index (χ1n) is 4.63. The smallest absolute Gasteiger partial charge is 0.0501 e. The van der Waals surface area contributed by atoms with Gasteiger partial charge in [0, 0.05) is 22.1 Å². The fourth-order valence-corrected chi connectivity index (χ4v) is 1.74. The van der Waals surface area contributed by atoms with E-state index in [0.717, 1.165) is 21.8 Å². The fraction of sp³-hybridized carbons (Fsp3) is 0.273. The molecule has 0 radical (unpaired) electrons. The van der Waals surface area contributed by atoms with Crippen molar-refractivity contribution in [3.05, 3.63) is 34.5 Å². The van der Waals surface area contributed by atoms with Crippen LogP contribution in [0.5, 0.6) is 0 Å². The lowest BCUT2D eigenvalue weighted by atomic mass is 10.1. The predicted octanol–water partition coefficient (Wildman–Crippen LogP) is 3.15. The number of aryl methyl sites for hydroxylation is 1. The Bertz CT molecular complexity index is 471. The van der Waals surface area contributed by atoms with Gasteiger partial charge in [0.05, 0.1) is 5.52 Å². The summed E-state index contributed by atoms with van der Waals surface area (Å²) in [5, 5.41) is 1.95. The fourth-order valence-electron chi connectivity index (χ4n) is 1.59. The van der Waals surface area contributed by atoms with E-state index in [4.69, 9.17) is 17.3 Å². The molecule has 2 aromatic rings. The molecule has 0 spiro atoms. The Hall–Kier alpha value is -0.990. The number of benzene rings is 1. The van der Waals surface area contributed by atoms with E-state index < -0.39 is 0 Å². The number of aromatic nitrogens is 1. The largest absolute Gasteiger partial charge is 0.357 e. The van der Waals surface area contributed by atoms with E-state index in [1.165, 1.54) is 5.39 Å². The van der Waals surface area contributed by atoms with Crippen LogP contribution in [0.25, 0.3) is 10.9 Å². The van der Waals surface area contributed by atoms with Crippen molar-refractivity contribution in [2.45, 2.75) is 19.9 Å². The molecule has 1 aromatic heterocycles. The van der Waals surface area contributed by atoms with Crippen molar-refractivity contribution >= 4 is 22.5 Å². The van der Waals surface area contributed by atoms with Gasteiger partial charge < -0.3 is 10.7 Å². The molecule has 0 saturated carbocycles. The summed E-state index contributed by atoms with van der Waals surface area (Å²) in [6.45, 7) is 3.97. The van der Waals surface area contributed by atoms with Crippen molar-refractivity contribution in [2.24, 2.45) is 5.73 Å². The third-order valence-electron chi connectivity index (χ3n) is 2.50. The van der Waals surface area contributed by atoms with Crippen molar-refractivity contribution in [1.82, 2.24) is 4.98 Å². The standard InChI is InChI=1S/C11H13ClN2/c1-6-9(12)4-3-8-5-10(7(2)13)14-11(6)8/h3-5,7,14H,13H2,1-2H3/t7-/m1/s1. The third-order valence-corrected chi connectivity index (χ3v) is 2.91. The third kappa shape index (κ3) is 1.41. The first kappa shape index (κ1) is 9.56. The van der Waals surface area contributed by atoms with Gasteiger partial charge in [-0.25, -0.2) is 0 Å². The Morgan fingerprint density at radius 2 is 2.14 bits per heavy atom. The van der Waals surface area contributed by atoms with Crippen LogP contribution < -0.4 is 5.73 Å². The lowest BCUT2D eigenvalue weighted by Crippen LogP contribution is -2.04. The monoisotopic (exact) mass is 208 g/mol. The Kier molecular flexibility index (Phi) is 2.25. The summed E-state index contributed by atoms with van der Waals surface area (Å²) in [7, 11) is 0. The van der Waals surface area contributed by atoms with E-state index in [1.807, 2.05) is 26.0 Å². The zero-order valence-corrected chi connectivity index (χ0v) is 9.02. The molecule has 2 nitrogen and oxygen atoms in total. The molecule has 0 saturated heterocycles. The molecule has 0 aliphatic heterocycles. The topological polar surface area (TPSA) is 41.8 Å². The lowest BCUT2D eigenvalue weighted by molar-refractivity contribution is 0.792. The summed E-state index contributed by atoms with van der Waals surface area (Å²) in [5.41, 5.74) is 9.02. The minimum absolute atomic E-state index is 0.0283. The molecule has 2 rings (SSSR count). The first-order valence-corrected chi connectivity index (χ1v) is 5.00. The molecule has 0 aliphatic carbocycles. The van der Waals surface area contributed by atoms with Crippen LogP contribution in [-0.4, -0.2) is 4.98 Å². The molecule has 1 aromatic carbocycles. The highest BCUT2D eigenvalue weighted by Gasteiger charge is 2.07. The number of halogens is 1. The number of hydrogen-bond donors (Lipinski definition) is 2. The van der Waals surface area contributed by atoms with Gasteiger partial charge >= 0.3 is 0 Å². The second-order valence-electron chi connectivity index (χ2n) is 3.65. The van der Waals surface area contributed by atoms with Crippen LogP contribution in [0.3, 0.4) is 0 Å². The molecular formula is C11H13ClN2. The average Bonchev–Trinajstić information content (AvgIpc) is 2.56. The Morgan fingerprint density at radius 1 is 1.43 bits per heavy atom. The van der Waals surface area contributed by atoms with Gasteiger partial charge in [0.2, 0.25) is 0 Å². The quantitative estimate of drug-likeness (QED) is 0.743. The van der Waals surface area contributed by atoms with E-state index in [0.29, 0.717) is 0 Å². The molecule has 0 unspecified atom stereocenters. The van der Waals surface area contributed by atoms with Crippen molar-refractivity contribution in [3.8, 4) is 0 Å². The van der Waals surface area contributed by atoms with Crippen LogP contribution in [0.15, 0.2) is 18.2 Å². The molecule has 1 atom stereocenters. The summed E-state index contributed by atoms with van der Waals surface area (Å²) < 4.78 is 0. The SMILES string of the molecule is Cc1c(Cl)ccc2cc([C@@H](C)N)[nH]c12. The van der Waals surface area contributed by atoms with Crippen LogP contribution >= 0.6 is 11.6 Å². The molecule has 14 heavy (non-hydrogen) atoms. The van der Waals surface area contributed by atoms with Crippen LogP contribution in [0, 0.1) is 6.92 Å². The van der Waals surface area contributed by atoms with Crippen molar-refractivity contribution in [2.75, 3.05) is 0 Å². The van der Waals surface area contributed by atoms with Crippen molar-refractivity contribution < 1.29 is 0 Å². The zero-order chi connectivity index (χ0) is 10.3. The molecule has 0 bridgehead atoms. The maximum atomic E-state index is 6.03. The molecule has 0 amide bonds. The molecular weight excluding hydrogens is 196 g/mol. The summed E-state index contributed by atoms with van der Waals surface area (Å²) in [6, 6.07) is 6.02. The highest BCUT2D eigenvalue weighted by Crippen LogP contribution is 2.26. The molecule has 74 valence electrons. The highest BCUT2D eigenvalue weighted by molar-refractivity contribution is 6.32. The Balaban J connectivity index is 2.71. The van der Waals surface area contributed by atoms with E-state index in [1.54, 1.807) is 0 Å². The van der Waals surface area contributed by atoms with Gasteiger partial charge in [0.1, 0.15) is 0 Å². The molecule has 3 N–H and O–H groups in total. The number of hydrogen-bond acceptors (Lipinski definition) is 1. The molecule has 0 fully saturated rings. The molecule has 3 heteroatoms. The number of aromatic amines is 1. The summed E-state index contributed by atoms with van der Waals surface area (Å²) >= 11 is 6.03. The normalized spacial score (nSPS) is 13.4. The van der Waals surface area contributed by atoms with E-state index in [9.17, 15) is 0 Å². The van der Waals surface area contributed by atoms with Crippen LogP contribution in [0.4, 0.5) is 0 Å². The lowest BCUT2D eigenvalue weighted by Gasteiger charge is -2.00. The molecule has 0 aliphatic rings. The second kappa shape index (κ2) is 3.30. The predicted molar refractivity (Wildman–Crippen MR) is 60.6 cm³/mol. The molecule has 1 heterocycles. The zero-order valence-electron chi connectivity index (χ0n) is 8.26. The van der Waals surface area contributed by atoms with Gasteiger partial charge in [0.15, 0.2) is 0 Å². The van der Waals surface area contributed by atoms with Crippen LogP contribution in [0.1, 0.15) is 24.2 Å². The Labute approximate surface area is 88.1 Å². The summed E-state index contributed by atoms with van der Waals surface area (Å²) in [4.78, 5) is 3.29. The minimum Gasteiger partial charge on any atom is -0.357 e. The maximum absolute atomic E-state index is 6.03. The number of H-pyrrole nitrogens is 1. The number of fused-ring (bicyclic) bond motifs is 1. The second-order valence-corrected chi connectivity index (χ2v) is 4.06. The summed E-state index contributed by atoms with van der Waals surface area (Å²) in [6.07, 6.45) is 0. The first-order chi connectivity index (χ1) is 6.59. The van der Waals surface area contributed by atoms with E-state index in [2.05, 4.69) is 11.1 Å². The number of nitrogens with one attached hydrogen (secondary N) is 1. The van der Waals surface area contributed by atoms with Gasteiger partial charge in [-0.15, -0.1) is 0 Å². The van der Waals surface area contributed by atoms with Crippen molar-refractivity contribution in [3.63, 3.8) is 0 Å². The Morgan fingerprint density at radius 3 is 2.79 bits per heavy atom. The van der Waals surface area contributed by atoms with Crippen LogP contribution in [-0.2, 0) is 0 Å². The van der Waals surface area contributed by atoms with Gasteiger partial charge in [-0.2, -0.15) is 0 Å². The van der Waals surface area contributed by atoms with E-state index in [-0.39, 0.29) is 6.04 Å². The van der Waals surface area contributed by atoms with Crippen molar-refractivity contribution in [1.29, 1.82) is 0 Å². The average molecular weight is 209 g/mol. The van der Waals surface area contributed by atoms with Gasteiger partial charge in [0.25, 0.3) is 0 Å². The maximum Gasteiger partial charge on any atom is 0.0501 e. The summed E-state index contributed by atoms with van der Waals surface area (Å²) in [5.74, 6) is 0. The minimum atomic E-state index is 0.0283. The number of nitrogens with two attached hydrogens (primary N) is 1. The van der Waals surface area contributed by atoms with Gasteiger partial charge in [-0.05, 0) is 31.5 Å². The van der Waals surface area contributed by atoms with Gasteiger partial charge in [-0.3, -0.25) is 0 Å². The van der Waals surface area contributed by atoms with Gasteiger partial charge in [-0.1, -0.05) is 17.7 Å². The number of rotatable bonds is 1. The highest BCUT2D eigenvalue weighted by atomic mass is 35.5.